The number of carbonyl (C=O) groups is 4. The Hall–Kier alpha value is -1.92. The van der Waals surface area contributed by atoms with Gasteiger partial charge in [0.25, 0.3) is 0 Å². The molecular formula is C14H16O7. The summed E-state index contributed by atoms with van der Waals surface area (Å²) in [5.74, 6) is -3.32. The van der Waals surface area contributed by atoms with E-state index in [1.165, 1.54) is 0 Å². The van der Waals surface area contributed by atoms with Gasteiger partial charge in [0.2, 0.25) is 0 Å². The van der Waals surface area contributed by atoms with Crippen molar-refractivity contribution in [2.45, 2.75) is 37.7 Å². The highest BCUT2D eigenvalue weighted by Crippen LogP contribution is 2.55. The molecule has 7 nitrogen and oxygen atoms in total. The number of esters is 2. The fourth-order valence-corrected chi connectivity index (χ4v) is 4.26. The van der Waals surface area contributed by atoms with Gasteiger partial charge in [-0.3, -0.25) is 4.79 Å². The lowest BCUT2D eigenvalue weighted by Gasteiger charge is -2.54. The maximum Gasteiger partial charge on any atom is 0.417 e. The molecule has 0 aromatic heterocycles. The van der Waals surface area contributed by atoms with Crippen LogP contribution in [-0.4, -0.2) is 41.0 Å². The maximum atomic E-state index is 12.0. The number of hydrogen-bond acceptors (Lipinski definition) is 6. The van der Waals surface area contributed by atoms with Gasteiger partial charge in [-0.2, -0.15) is 0 Å². The molecule has 0 amide bonds. The van der Waals surface area contributed by atoms with Crippen LogP contribution in [0.1, 0.15) is 32.1 Å². The molecule has 0 aliphatic heterocycles. The normalized spacial score (nSPS) is 36.4. The lowest BCUT2D eigenvalue weighted by Crippen LogP contribution is -2.57. The predicted molar refractivity (Wildman–Crippen MR) is 66.0 cm³/mol. The molecule has 4 aliphatic carbocycles. The van der Waals surface area contributed by atoms with E-state index < -0.39 is 30.1 Å². The first-order valence-corrected chi connectivity index (χ1v) is 7.04. The predicted octanol–water partition coefficient (Wildman–Crippen LogP) is 0.305. The van der Waals surface area contributed by atoms with Crippen LogP contribution in [0.15, 0.2) is 0 Å². The molecule has 4 rings (SSSR count). The van der Waals surface area contributed by atoms with E-state index in [-0.39, 0.29) is 17.6 Å². The van der Waals surface area contributed by atoms with Gasteiger partial charge in [-0.1, -0.05) is 0 Å². The first-order valence-electron chi connectivity index (χ1n) is 7.04. The average molecular weight is 296 g/mol. The number of ketones is 1. The van der Waals surface area contributed by atoms with E-state index in [0.717, 1.165) is 19.3 Å². The van der Waals surface area contributed by atoms with Crippen LogP contribution in [0.2, 0.25) is 0 Å². The van der Waals surface area contributed by atoms with E-state index in [1.807, 2.05) is 0 Å². The van der Waals surface area contributed by atoms with Crippen molar-refractivity contribution in [2.75, 3.05) is 6.61 Å². The molecule has 4 bridgehead atoms. The molecule has 1 N–H and O–H groups in total. The smallest absolute Gasteiger partial charge is 0.417 e. The molecule has 4 aliphatic rings. The number of aliphatic carboxylic acids is 1. The van der Waals surface area contributed by atoms with Crippen LogP contribution >= 0.6 is 0 Å². The molecule has 2 atom stereocenters. The van der Waals surface area contributed by atoms with Crippen molar-refractivity contribution in [3.05, 3.63) is 0 Å². The zero-order valence-corrected chi connectivity index (χ0v) is 11.4. The SMILES string of the molecule is O=C(COC(=O)C(=O)O)OC12CC3CC(C1)C(=O)C(C3)C2. The molecule has 0 aromatic carbocycles. The lowest BCUT2D eigenvalue weighted by atomic mass is 9.53. The summed E-state index contributed by atoms with van der Waals surface area (Å²) in [6.07, 6.45) is 3.58. The number of rotatable bonds is 3. The third-order valence-electron chi connectivity index (χ3n) is 4.76. The van der Waals surface area contributed by atoms with Gasteiger partial charge in [0.15, 0.2) is 6.61 Å². The molecule has 7 heteroatoms. The Kier molecular flexibility index (Phi) is 3.22. The summed E-state index contributed by atoms with van der Waals surface area (Å²) in [4.78, 5) is 44.8. The van der Waals surface area contributed by atoms with Crippen LogP contribution < -0.4 is 0 Å². The van der Waals surface area contributed by atoms with Gasteiger partial charge in [-0.25, -0.2) is 14.4 Å². The van der Waals surface area contributed by atoms with E-state index in [2.05, 4.69) is 4.74 Å². The number of carboxylic acids is 1. The third-order valence-corrected chi connectivity index (χ3v) is 4.76. The zero-order valence-electron chi connectivity index (χ0n) is 11.4. The molecule has 0 spiro atoms. The highest BCUT2D eigenvalue weighted by molar-refractivity contribution is 6.28. The maximum absolute atomic E-state index is 12.0. The lowest BCUT2D eigenvalue weighted by molar-refractivity contribution is -0.194. The fraction of sp³-hybridized carbons (Fsp3) is 0.714. The zero-order chi connectivity index (χ0) is 15.2. The molecule has 2 unspecified atom stereocenters. The molecule has 0 heterocycles. The van der Waals surface area contributed by atoms with Crippen molar-refractivity contribution >= 4 is 23.7 Å². The van der Waals surface area contributed by atoms with E-state index in [1.54, 1.807) is 0 Å². The topological polar surface area (TPSA) is 107 Å². The minimum Gasteiger partial charge on any atom is -0.473 e. The molecule has 0 aromatic rings. The van der Waals surface area contributed by atoms with Crippen LogP contribution in [-0.2, 0) is 28.7 Å². The van der Waals surface area contributed by atoms with E-state index in [9.17, 15) is 19.2 Å². The summed E-state index contributed by atoms with van der Waals surface area (Å²) >= 11 is 0. The van der Waals surface area contributed by atoms with Crippen molar-refractivity contribution in [3.63, 3.8) is 0 Å². The highest BCUT2D eigenvalue weighted by Gasteiger charge is 2.57. The van der Waals surface area contributed by atoms with Gasteiger partial charge in [0, 0.05) is 11.8 Å². The quantitative estimate of drug-likeness (QED) is 0.589. The first-order chi connectivity index (χ1) is 9.88. The summed E-state index contributed by atoms with van der Waals surface area (Å²) in [5, 5.41) is 8.36. The minimum atomic E-state index is -1.75. The molecule has 114 valence electrons. The van der Waals surface area contributed by atoms with E-state index in [4.69, 9.17) is 9.84 Å². The number of hydrogen-bond donors (Lipinski definition) is 1. The second-order valence-electron chi connectivity index (χ2n) is 6.28. The number of carbonyl (C=O) groups excluding carboxylic acids is 3. The minimum absolute atomic E-state index is 0.0226. The van der Waals surface area contributed by atoms with Gasteiger partial charge in [0.05, 0.1) is 0 Å². The molecule has 4 fully saturated rings. The fourth-order valence-electron chi connectivity index (χ4n) is 4.26. The Balaban J connectivity index is 1.60. The monoisotopic (exact) mass is 296 g/mol. The van der Waals surface area contributed by atoms with E-state index in [0.29, 0.717) is 18.8 Å². The number of Topliss-reactive ketones (excluding diaryl/α,β-unsaturated/α-hetero) is 1. The molecule has 0 radical (unpaired) electrons. The average Bonchev–Trinajstić information content (AvgIpc) is 2.40. The molecule has 4 saturated carbocycles. The summed E-state index contributed by atoms with van der Waals surface area (Å²) in [6.45, 7) is -0.708. The van der Waals surface area contributed by atoms with Gasteiger partial charge in [0.1, 0.15) is 11.4 Å². The van der Waals surface area contributed by atoms with Crippen LogP contribution in [0.5, 0.6) is 0 Å². The van der Waals surface area contributed by atoms with Gasteiger partial charge in [-0.05, 0) is 38.0 Å². The summed E-state index contributed by atoms with van der Waals surface area (Å²) in [7, 11) is 0. The second-order valence-corrected chi connectivity index (χ2v) is 6.28. The molecular weight excluding hydrogens is 280 g/mol. The second kappa shape index (κ2) is 4.82. The molecule has 21 heavy (non-hydrogen) atoms. The number of ether oxygens (including phenoxy) is 2. The Morgan fingerprint density at radius 3 is 2.33 bits per heavy atom. The van der Waals surface area contributed by atoms with E-state index >= 15 is 0 Å². The Morgan fingerprint density at radius 1 is 1.14 bits per heavy atom. The van der Waals surface area contributed by atoms with Crippen molar-refractivity contribution in [1.82, 2.24) is 0 Å². The van der Waals surface area contributed by atoms with Crippen LogP contribution in [0, 0.1) is 17.8 Å². The third kappa shape index (κ3) is 2.52. The summed E-state index contributed by atoms with van der Waals surface area (Å²) < 4.78 is 9.79. The Bertz CT molecular complexity index is 505. The molecule has 0 saturated heterocycles. The standard InChI is InChI=1S/C14H16O7/c15-10(6-20-13(19)12(17)18)21-14-3-7-1-8(4-14)11(16)9(2-7)5-14/h7-9H,1-6H2,(H,17,18). The van der Waals surface area contributed by atoms with Crippen molar-refractivity contribution in [2.24, 2.45) is 17.8 Å². The van der Waals surface area contributed by atoms with Gasteiger partial charge in [-0.15, -0.1) is 0 Å². The van der Waals surface area contributed by atoms with Crippen LogP contribution in [0.25, 0.3) is 0 Å². The number of carboxylic acid groups (broad SMARTS) is 1. The van der Waals surface area contributed by atoms with Crippen molar-refractivity contribution in [3.8, 4) is 0 Å². The Morgan fingerprint density at radius 2 is 1.76 bits per heavy atom. The van der Waals surface area contributed by atoms with Gasteiger partial charge >= 0.3 is 17.9 Å². The first kappa shape index (κ1) is 14.0. The van der Waals surface area contributed by atoms with Crippen LogP contribution in [0.3, 0.4) is 0 Å². The highest BCUT2D eigenvalue weighted by atomic mass is 16.6. The van der Waals surface area contributed by atoms with Crippen LogP contribution in [0.4, 0.5) is 0 Å². The van der Waals surface area contributed by atoms with Crippen molar-refractivity contribution < 1.29 is 33.8 Å². The van der Waals surface area contributed by atoms with Gasteiger partial charge < -0.3 is 14.6 Å². The van der Waals surface area contributed by atoms with Crippen molar-refractivity contribution in [1.29, 1.82) is 0 Å². The Labute approximate surface area is 120 Å². The summed E-state index contributed by atoms with van der Waals surface area (Å²) in [6, 6.07) is 0. The summed E-state index contributed by atoms with van der Waals surface area (Å²) in [5.41, 5.74) is -0.628. The largest absolute Gasteiger partial charge is 0.473 e.